The summed E-state index contributed by atoms with van der Waals surface area (Å²) in [5.41, 5.74) is 12.6. The van der Waals surface area contributed by atoms with Crippen LogP contribution in [0.5, 0.6) is 11.5 Å². The molecule has 262 valence electrons. The first-order valence-electron chi connectivity index (χ1n) is 18.8. The van der Waals surface area contributed by atoms with Gasteiger partial charge in [0.2, 0.25) is 0 Å². The Morgan fingerprint density at radius 2 is 0.875 bits per heavy atom. The van der Waals surface area contributed by atoms with Crippen LogP contribution in [0.2, 0.25) is 0 Å². The molecule has 0 spiro atoms. The highest BCUT2D eigenvalue weighted by Crippen LogP contribution is 2.50. The maximum absolute atomic E-state index is 7.03. The Labute approximate surface area is 323 Å². The highest BCUT2D eigenvalue weighted by atomic mass is 16.5. The summed E-state index contributed by atoms with van der Waals surface area (Å²) in [6.45, 7) is 0. The molecule has 0 saturated heterocycles. The van der Waals surface area contributed by atoms with Crippen LogP contribution in [0.4, 0.5) is 0 Å². The number of para-hydroxylation sites is 3. The van der Waals surface area contributed by atoms with Crippen LogP contribution in [0.3, 0.4) is 0 Å². The Bertz CT molecular complexity index is 3040. The standard InChI is InChI=1S/C51H32N4O/c1-4-15-33(16-5-1)49-52-50(34-17-6-2-7-18-34)54-51(53-49)42-25-14-24-41-38-21-10-11-22-39(38)44-32-36(28-30-47(44)56-48(41)42)35-27-29-46-43(31-35)40-23-12-13-26-45(40)55(46)37-19-8-3-9-20-37/h1-32H. The van der Waals surface area contributed by atoms with Crippen molar-refractivity contribution in [1.29, 1.82) is 0 Å². The average molecular weight is 717 g/mol. The second-order valence-corrected chi connectivity index (χ2v) is 14.0. The molecule has 0 amide bonds. The first-order valence-corrected chi connectivity index (χ1v) is 18.8. The Morgan fingerprint density at radius 1 is 0.339 bits per heavy atom. The van der Waals surface area contributed by atoms with Crippen molar-refractivity contribution in [2.75, 3.05) is 0 Å². The van der Waals surface area contributed by atoms with E-state index >= 15 is 0 Å². The molecule has 0 aliphatic carbocycles. The number of aromatic nitrogens is 4. The molecule has 1 aliphatic rings. The van der Waals surface area contributed by atoms with Crippen LogP contribution in [-0.2, 0) is 0 Å². The lowest BCUT2D eigenvalue weighted by Crippen LogP contribution is -2.01. The quantitative estimate of drug-likeness (QED) is 0.178. The van der Waals surface area contributed by atoms with Gasteiger partial charge in [-0.25, -0.2) is 15.0 Å². The highest BCUT2D eigenvalue weighted by molar-refractivity contribution is 6.10. The fourth-order valence-electron chi connectivity index (χ4n) is 8.04. The van der Waals surface area contributed by atoms with Crippen molar-refractivity contribution in [1.82, 2.24) is 19.5 Å². The van der Waals surface area contributed by atoms with Gasteiger partial charge in [-0.05, 0) is 70.8 Å². The summed E-state index contributed by atoms with van der Waals surface area (Å²) < 4.78 is 9.38. The topological polar surface area (TPSA) is 52.8 Å². The average Bonchev–Trinajstić information content (AvgIpc) is 3.53. The van der Waals surface area contributed by atoms with Gasteiger partial charge in [0.15, 0.2) is 17.5 Å². The predicted octanol–water partition coefficient (Wildman–Crippen LogP) is 13.1. The van der Waals surface area contributed by atoms with E-state index in [1.54, 1.807) is 0 Å². The van der Waals surface area contributed by atoms with Gasteiger partial charge in [0.1, 0.15) is 11.5 Å². The van der Waals surface area contributed by atoms with Crippen LogP contribution in [0.25, 0.3) is 95.0 Å². The molecule has 0 saturated carbocycles. The smallest absolute Gasteiger partial charge is 0.167 e. The van der Waals surface area contributed by atoms with E-state index in [1.807, 2.05) is 66.7 Å². The van der Waals surface area contributed by atoms with E-state index in [1.165, 1.54) is 21.8 Å². The van der Waals surface area contributed by atoms with E-state index in [-0.39, 0.29) is 0 Å². The minimum atomic E-state index is 0.551. The lowest BCUT2D eigenvalue weighted by atomic mass is 9.92. The Hall–Kier alpha value is -7.63. The fourth-order valence-corrected chi connectivity index (χ4v) is 8.04. The van der Waals surface area contributed by atoms with E-state index in [2.05, 4.69) is 132 Å². The molecule has 56 heavy (non-hydrogen) atoms. The minimum Gasteiger partial charge on any atom is -0.455 e. The number of benzene rings is 8. The molecule has 0 unspecified atom stereocenters. The predicted molar refractivity (Wildman–Crippen MR) is 227 cm³/mol. The monoisotopic (exact) mass is 716 g/mol. The van der Waals surface area contributed by atoms with Crippen molar-refractivity contribution in [2.24, 2.45) is 0 Å². The maximum Gasteiger partial charge on any atom is 0.167 e. The number of ether oxygens (including phenoxy) is 1. The molecule has 0 atom stereocenters. The van der Waals surface area contributed by atoms with Crippen LogP contribution < -0.4 is 4.74 Å². The molecule has 0 N–H and O–H groups in total. The third-order valence-corrected chi connectivity index (χ3v) is 10.7. The van der Waals surface area contributed by atoms with Gasteiger partial charge in [0.05, 0.1) is 16.6 Å². The third-order valence-electron chi connectivity index (χ3n) is 10.7. The summed E-state index contributed by atoms with van der Waals surface area (Å²) in [4.78, 5) is 15.1. The molecule has 0 bridgehead atoms. The van der Waals surface area contributed by atoms with E-state index in [0.717, 1.165) is 61.5 Å². The first-order chi connectivity index (χ1) is 27.8. The summed E-state index contributed by atoms with van der Waals surface area (Å²) >= 11 is 0. The summed E-state index contributed by atoms with van der Waals surface area (Å²) in [5.74, 6) is 3.25. The summed E-state index contributed by atoms with van der Waals surface area (Å²) in [6.07, 6.45) is 0. The molecule has 0 radical (unpaired) electrons. The molecule has 3 heterocycles. The largest absolute Gasteiger partial charge is 0.455 e. The lowest BCUT2D eigenvalue weighted by Gasteiger charge is -2.15. The summed E-state index contributed by atoms with van der Waals surface area (Å²) in [5, 5.41) is 2.44. The van der Waals surface area contributed by atoms with Crippen molar-refractivity contribution in [3.8, 4) is 84.7 Å². The van der Waals surface area contributed by atoms with E-state index < -0.39 is 0 Å². The number of fused-ring (bicyclic) bond motifs is 8. The zero-order valence-electron chi connectivity index (χ0n) is 30.2. The molecule has 5 nitrogen and oxygen atoms in total. The lowest BCUT2D eigenvalue weighted by molar-refractivity contribution is 0.489. The maximum atomic E-state index is 7.03. The number of hydrogen-bond acceptors (Lipinski definition) is 4. The summed E-state index contributed by atoms with van der Waals surface area (Å²) in [6, 6.07) is 67.4. The van der Waals surface area contributed by atoms with Crippen LogP contribution in [0.1, 0.15) is 0 Å². The van der Waals surface area contributed by atoms with Crippen molar-refractivity contribution < 1.29 is 4.74 Å². The second-order valence-electron chi connectivity index (χ2n) is 14.0. The first kappa shape index (κ1) is 31.9. The van der Waals surface area contributed by atoms with Gasteiger partial charge in [-0.15, -0.1) is 0 Å². The van der Waals surface area contributed by atoms with E-state index in [9.17, 15) is 0 Å². The van der Waals surface area contributed by atoms with Gasteiger partial charge < -0.3 is 9.30 Å². The van der Waals surface area contributed by atoms with Crippen molar-refractivity contribution >= 4 is 21.8 Å². The summed E-state index contributed by atoms with van der Waals surface area (Å²) in [7, 11) is 0. The molecule has 0 fully saturated rings. The Kier molecular flexibility index (Phi) is 7.42. The van der Waals surface area contributed by atoms with Crippen molar-refractivity contribution in [3.05, 3.63) is 194 Å². The Morgan fingerprint density at radius 3 is 1.61 bits per heavy atom. The van der Waals surface area contributed by atoms with Gasteiger partial charge in [0, 0.05) is 38.7 Å². The zero-order chi connectivity index (χ0) is 37.0. The van der Waals surface area contributed by atoms with Gasteiger partial charge in [-0.3, -0.25) is 0 Å². The molecule has 5 heteroatoms. The van der Waals surface area contributed by atoms with Gasteiger partial charge in [-0.1, -0.05) is 146 Å². The number of nitrogens with zero attached hydrogens (tertiary/aromatic N) is 4. The van der Waals surface area contributed by atoms with Crippen LogP contribution in [-0.4, -0.2) is 19.5 Å². The normalized spacial score (nSPS) is 11.7. The van der Waals surface area contributed by atoms with Crippen LogP contribution in [0.15, 0.2) is 194 Å². The second kappa shape index (κ2) is 13.0. The van der Waals surface area contributed by atoms with Crippen molar-refractivity contribution in [2.45, 2.75) is 0 Å². The SMILES string of the molecule is c1ccc(-c2nc(-c3ccccc3)nc(-c3cccc4c3Oc3ccc(-c5ccc6c(c5)c5ccccc5n6-c5ccccc5)cc3-c3ccccc3-4)n2)cc1. The van der Waals surface area contributed by atoms with Gasteiger partial charge >= 0.3 is 0 Å². The molecule has 10 aromatic rings. The number of rotatable bonds is 5. The molecule has 1 aliphatic heterocycles. The third kappa shape index (κ3) is 5.29. The van der Waals surface area contributed by atoms with E-state index in [4.69, 9.17) is 19.7 Å². The van der Waals surface area contributed by atoms with Crippen LogP contribution in [0, 0.1) is 0 Å². The molecular formula is C51H32N4O. The van der Waals surface area contributed by atoms with Crippen molar-refractivity contribution in [3.63, 3.8) is 0 Å². The Balaban J connectivity index is 1.06. The molecule has 8 aromatic carbocycles. The highest BCUT2D eigenvalue weighted by Gasteiger charge is 2.26. The number of hydrogen-bond donors (Lipinski definition) is 0. The van der Waals surface area contributed by atoms with E-state index in [0.29, 0.717) is 23.2 Å². The molecule has 2 aromatic heterocycles. The molecule has 11 rings (SSSR count). The molecular weight excluding hydrogens is 685 g/mol. The minimum absolute atomic E-state index is 0.551. The van der Waals surface area contributed by atoms with Crippen LogP contribution >= 0.6 is 0 Å². The van der Waals surface area contributed by atoms with Gasteiger partial charge in [-0.2, -0.15) is 0 Å². The zero-order valence-corrected chi connectivity index (χ0v) is 30.2. The fraction of sp³-hybridized carbons (Fsp3) is 0. The van der Waals surface area contributed by atoms with Gasteiger partial charge in [0.25, 0.3) is 0 Å².